The normalized spacial score (nSPS) is 17.6. The number of ether oxygens (including phenoxy) is 2. The van der Waals surface area contributed by atoms with Crippen molar-refractivity contribution in [1.29, 1.82) is 0 Å². The highest BCUT2D eigenvalue weighted by atomic mass is 19.1. The Bertz CT molecular complexity index is 1690. The Balaban J connectivity index is 1.52. The number of carboxylic acid groups (broad SMARTS) is 1. The van der Waals surface area contributed by atoms with E-state index < -0.39 is 5.97 Å². The predicted octanol–water partition coefficient (Wildman–Crippen LogP) is 6.16. The highest BCUT2D eigenvalue weighted by molar-refractivity contribution is 5.78. The maximum Gasteiger partial charge on any atom is 0.308 e. The van der Waals surface area contributed by atoms with Crippen LogP contribution >= 0.6 is 0 Å². The fourth-order valence-corrected chi connectivity index (χ4v) is 5.85. The molecular weight excluding hydrogens is 535 g/mol. The van der Waals surface area contributed by atoms with Gasteiger partial charge in [0.2, 0.25) is 0 Å². The monoisotopic (exact) mass is 570 g/mol. The molecule has 3 aliphatic rings. The van der Waals surface area contributed by atoms with Gasteiger partial charge in [0.1, 0.15) is 17.4 Å². The minimum atomic E-state index is -0.919. The first-order valence-electron chi connectivity index (χ1n) is 14.4. The molecule has 2 aromatic heterocycles. The second-order valence-corrected chi connectivity index (χ2v) is 11.4. The molecule has 1 N–H and O–H groups in total. The van der Waals surface area contributed by atoms with Crippen molar-refractivity contribution >= 4 is 17.4 Å². The van der Waals surface area contributed by atoms with E-state index in [2.05, 4.69) is 11.8 Å². The first kappa shape index (κ1) is 27.9. The average molecular weight is 571 g/mol. The van der Waals surface area contributed by atoms with E-state index >= 15 is 4.39 Å². The molecule has 1 fully saturated rings. The second kappa shape index (κ2) is 11.2. The number of rotatable bonds is 2. The zero-order valence-corrected chi connectivity index (χ0v) is 24.2. The van der Waals surface area contributed by atoms with Gasteiger partial charge in [-0.15, -0.1) is 0 Å². The van der Waals surface area contributed by atoms with Crippen LogP contribution < -0.4 is 9.64 Å². The molecule has 0 atom stereocenters. The highest BCUT2D eigenvalue weighted by Gasteiger charge is 2.33. The molecular formula is C33H35FN4O4. The average Bonchev–Trinajstić information content (AvgIpc) is 3.38. The van der Waals surface area contributed by atoms with Crippen LogP contribution in [0, 0.1) is 19.7 Å². The topological polar surface area (TPSA) is 89.2 Å². The number of carboxylic acids is 1. The molecule has 9 heteroatoms. The fraction of sp³-hybridized carbons (Fsp3) is 0.364. The molecule has 7 rings (SSSR count). The van der Waals surface area contributed by atoms with Crippen LogP contribution in [0.5, 0.6) is 5.75 Å². The molecule has 3 aliphatic heterocycles. The third-order valence-electron chi connectivity index (χ3n) is 8.31. The fourth-order valence-electron chi connectivity index (χ4n) is 5.85. The van der Waals surface area contributed by atoms with E-state index in [-0.39, 0.29) is 17.8 Å². The van der Waals surface area contributed by atoms with E-state index in [1.807, 2.05) is 55.5 Å². The van der Waals surface area contributed by atoms with Gasteiger partial charge in [-0.05, 0) is 63.3 Å². The number of fused-ring (bicyclic) bond motifs is 7. The van der Waals surface area contributed by atoms with Crippen molar-refractivity contribution in [2.75, 3.05) is 31.2 Å². The van der Waals surface area contributed by atoms with Crippen LogP contribution in [0.1, 0.15) is 43.0 Å². The van der Waals surface area contributed by atoms with E-state index in [0.717, 1.165) is 24.2 Å². The molecule has 5 heterocycles. The van der Waals surface area contributed by atoms with Crippen LogP contribution in [0.4, 0.5) is 10.2 Å². The van der Waals surface area contributed by atoms with Gasteiger partial charge in [0.25, 0.3) is 0 Å². The van der Waals surface area contributed by atoms with Gasteiger partial charge in [-0.2, -0.15) is 9.61 Å². The molecule has 1 saturated heterocycles. The van der Waals surface area contributed by atoms with E-state index in [1.54, 1.807) is 17.5 Å². The number of nitrogens with zero attached hydrogens (tertiary/aromatic N) is 4. The molecule has 6 bridgehead atoms. The number of aromatic nitrogens is 3. The lowest BCUT2D eigenvalue weighted by atomic mass is 9.93. The molecule has 0 unspecified atom stereocenters. The number of aryl methyl sites for hydroxylation is 2. The SMILES string of the molecule is Cc1ccc2c(c1F)-c1cccc(c1)-c1cc3nc(C)c(CC(=O)O)c(n3n1)N1CCC(C)(CC1)OC/C=C/CCO2. The van der Waals surface area contributed by atoms with Gasteiger partial charge in [0, 0.05) is 36.0 Å². The van der Waals surface area contributed by atoms with Gasteiger partial charge >= 0.3 is 5.97 Å². The zero-order chi connectivity index (χ0) is 29.4. The molecule has 0 aliphatic carbocycles. The first-order chi connectivity index (χ1) is 20.2. The summed E-state index contributed by atoms with van der Waals surface area (Å²) >= 11 is 0. The van der Waals surface area contributed by atoms with E-state index in [1.165, 1.54) is 0 Å². The lowest BCUT2D eigenvalue weighted by molar-refractivity contribution is -0.136. The summed E-state index contributed by atoms with van der Waals surface area (Å²) in [4.78, 5) is 18.9. The van der Waals surface area contributed by atoms with E-state index in [9.17, 15) is 9.90 Å². The molecule has 0 radical (unpaired) electrons. The maximum absolute atomic E-state index is 15.6. The molecule has 42 heavy (non-hydrogen) atoms. The Morgan fingerprint density at radius 3 is 2.67 bits per heavy atom. The summed E-state index contributed by atoms with van der Waals surface area (Å²) in [6, 6.07) is 13.1. The van der Waals surface area contributed by atoms with Crippen LogP contribution in [-0.4, -0.2) is 57.6 Å². The Hall–Kier alpha value is -4.24. The molecule has 0 amide bonds. The molecule has 218 valence electrons. The summed E-state index contributed by atoms with van der Waals surface area (Å²) in [7, 11) is 0. The van der Waals surface area contributed by atoms with Gasteiger partial charge in [-0.25, -0.2) is 9.37 Å². The van der Waals surface area contributed by atoms with Crippen molar-refractivity contribution < 1.29 is 23.8 Å². The summed E-state index contributed by atoms with van der Waals surface area (Å²) in [5.41, 5.74) is 4.74. The minimum Gasteiger partial charge on any atom is -0.493 e. The zero-order valence-electron chi connectivity index (χ0n) is 24.2. The Labute approximate surface area is 244 Å². The van der Waals surface area contributed by atoms with Crippen molar-refractivity contribution in [3.63, 3.8) is 0 Å². The van der Waals surface area contributed by atoms with Crippen molar-refractivity contribution in [3.8, 4) is 28.1 Å². The van der Waals surface area contributed by atoms with Gasteiger partial charge < -0.3 is 19.5 Å². The third-order valence-corrected chi connectivity index (χ3v) is 8.31. The lowest BCUT2D eigenvalue weighted by Gasteiger charge is -2.40. The molecule has 4 aromatic rings. The summed E-state index contributed by atoms with van der Waals surface area (Å²) in [5.74, 6) is -0.00299. The first-order valence-corrected chi connectivity index (χ1v) is 14.4. The minimum absolute atomic E-state index is 0.154. The number of piperidine rings is 1. The van der Waals surface area contributed by atoms with Crippen LogP contribution in [0.2, 0.25) is 0 Å². The second-order valence-electron chi connectivity index (χ2n) is 11.4. The van der Waals surface area contributed by atoms with E-state index in [0.29, 0.717) is 77.8 Å². The van der Waals surface area contributed by atoms with Crippen LogP contribution in [0.3, 0.4) is 0 Å². The number of hydrogen-bond acceptors (Lipinski definition) is 6. The number of carbonyl (C=O) groups is 1. The smallest absolute Gasteiger partial charge is 0.308 e. The number of aliphatic carboxylic acids is 1. The van der Waals surface area contributed by atoms with Gasteiger partial charge in [0.15, 0.2) is 5.65 Å². The Morgan fingerprint density at radius 1 is 1.10 bits per heavy atom. The summed E-state index contributed by atoms with van der Waals surface area (Å²) in [6.07, 6.45) is 6.13. The van der Waals surface area contributed by atoms with Crippen molar-refractivity contribution in [1.82, 2.24) is 14.6 Å². The summed E-state index contributed by atoms with van der Waals surface area (Å²) in [5, 5.41) is 14.7. The van der Waals surface area contributed by atoms with Crippen LogP contribution in [-0.2, 0) is 16.0 Å². The summed E-state index contributed by atoms with van der Waals surface area (Å²) < 4.78 is 29.7. The van der Waals surface area contributed by atoms with Crippen molar-refractivity contribution in [2.24, 2.45) is 0 Å². The van der Waals surface area contributed by atoms with Gasteiger partial charge in [-0.3, -0.25) is 4.79 Å². The van der Waals surface area contributed by atoms with Gasteiger partial charge in [0.05, 0.1) is 36.5 Å². The summed E-state index contributed by atoms with van der Waals surface area (Å²) in [6.45, 7) is 8.01. The van der Waals surface area contributed by atoms with E-state index in [4.69, 9.17) is 19.6 Å². The number of hydrogen-bond donors (Lipinski definition) is 1. The maximum atomic E-state index is 15.6. The Kier molecular flexibility index (Phi) is 7.45. The van der Waals surface area contributed by atoms with Crippen LogP contribution in [0.15, 0.2) is 54.6 Å². The molecule has 0 saturated carbocycles. The van der Waals surface area contributed by atoms with Gasteiger partial charge in [-0.1, -0.05) is 36.4 Å². The molecule has 0 spiro atoms. The molecule has 8 nitrogen and oxygen atoms in total. The lowest BCUT2D eigenvalue weighted by Crippen LogP contribution is -2.45. The van der Waals surface area contributed by atoms with Crippen molar-refractivity contribution in [2.45, 2.75) is 52.1 Å². The van der Waals surface area contributed by atoms with Crippen molar-refractivity contribution in [3.05, 3.63) is 77.3 Å². The standard InChI is InChI=1S/C33H35FN4O4/c1-21-10-11-27-30(31(21)34)24-9-7-8-23(18-24)26-20-28-35-22(2)25(19-29(39)40)32(38(28)36-26)37-14-12-33(3,13-15-37)42-17-6-4-5-16-41-27/h4,6-11,18,20H,5,12-17,19H2,1-3H3,(H,39,40)/b6-4+. The quantitative estimate of drug-likeness (QED) is 0.289. The van der Waals surface area contributed by atoms with Crippen LogP contribution in [0.25, 0.3) is 28.0 Å². The largest absolute Gasteiger partial charge is 0.493 e. The number of benzene rings is 2. The number of anilines is 1. The molecule has 2 aromatic carbocycles. The predicted molar refractivity (Wildman–Crippen MR) is 160 cm³/mol. The Morgan fingerprint density at radius 2 is 1.88 bits per heavy atom. The highest BCUT2D eigenvalue weighted by Crippen LogP contribution is 2.38. The third kappa shape index (κ3) is 5.36. The number of halogens is 1.